The number of rotatable bonds is 5. The average molecular weight is 354 g/mol. The smallest absolute Gasteiger partial charge is 0.246 e. The molecule has 7 heteroatoms. The van der Waals surface area contributed by atoms with Gasteiger partial charge in [-0.05, 0) is 31.0 Å². The summed E-state index contributed by atoms with van der Waals surface area (Å²) >= 11 is 0. The van der Waals surface area contributed by atoms with Crippen LogP contribution >= 0.6 is 0 Å². The molecule has 1 saturated heterocycles. The first-order valence-electron chi connectivity index (χ1n) is 8.83. The van der Waals surface area contributed by atoms with Gasteiger partial charge in [0.1, 0.15) is 12.3 Å². The Hall–Kier alpha value is -2.83. The van der Waals surface area contributed by atoms with Crippen LogP contribution in [0, 0.1) is 5.41 Å². The van der Waals surface area contributed by atoms with Gasteiger partial charge in [0.05, 0.1) is 24.8 Å². The summed E-state index contributed by atoms with van der Waals surface area (Å²) in [6.45, 7) is 1.70. The zero-order valence-electron chi connectivity index (χ0n) is 14.8. The SMILES string of the molecule is COc1ccccc1N1CCN(C(=O)C2(Cn3cccn3)CC2)CC1=O. The first-order valence-corrected chi connectivity index (χ1v) is 8.83. The van der Waals surface area contributed by atoms with E-state index in [0.29, 0.717) is 25.4 Å². The molecule has 2 aromatic rings. The monoisotopic (exact) mass is 354 g/mol. The number of hydrogen-bond acceptors (Lipinski definition) is 4. The van der Waals surface area contributed by atoms with Crippen LogP contribution in [-0.2, 0) is 16.1 Å². The summed E-state index contributed by atoms with van der Waals surface area (Å²) in [5.74, 6) is 0.656. The number of nitrogens with zero attached hydrogens (tertiary/aromatic N) is 4. The number of amides is 2. The Morgan fingerprint density at radius 2 is 2.04 bits per heavy atom. The molecule has 2 fully saturated rings. The summed E-state index contributed by atoms with van der Waals surface area (Å²) in [6.07, 6.45) is 5.30. The van der Waals surface area contributed by atoms with Gasteiger partial charge in [-0.15, -0.1) is 0 Å². The summed E-state index contributed by atoms with van der Waals surface area (Å²) in [5.41, 5.74) is 0.364. The van der Waals surface area contributed by atoms with Crippen molar-refractivity contribution >= 4 is 17.5 Å². The highest BCUT2D eigenvalue weighted by Crippen LogP contribution is 2.48. The lowest BCUT2D eigenvalue weighted by molar-refractivity contribution is -0.142. The minimum Gasteiger partial charge on any atom is -0.495 e. The van der Waals surface area contributed by atoms with Crippen LogP contribution in [0.4, 0.5) is 5.69 Å². The Labute approximate surface area is 152 Å². The van der Waals surface area contributed by atoms with Crippen molar-refractivity contribution in [3.8, 4) is 5.75 Å². The highest BCUT2D eigenvalue weighted by atomic mass is 16.5. The Kier molecular flexibility index (Phi) is 4.14. The number of aromatic nitrogens is 2. The van der Waals surface area contributed by atoms with Crippen molar-refractivity contribution in [2.45, 2.75) is 19.4 Å². The van der Waals surface area contributed by atoms with Crippen LogP contribution in [0.3, 0.4) is 0 Å². The quantitative estimate of drug-likeness (QED) is 0.817. The fraction of sp³-hybridized carbons (Fsp3) is 0.421. The summed E-state index contributed by atoms with van der Waals surface area (Å²) in [7, 11) is 1.59. The van der Waals surface area contributed by atoms with Gasteiger partial charge < -0.3 is 14.5 Å². The topological polar surface area (TPSA) is 67.7 Å². The van der Waals surface area contributed by atoms with Crippen LogP contribution in [0.15, 0.2) is 42.7 Å². The fourth-order valence-electron chi connectivity index (χ4n) is 3.58. The van der Waals surface area contributed by atoms with E-state index in [-0.39, 0.29) is 23.8 Å². The van der Waals surface area contributed by atoms with E-state index in [1.54, 1.807) is 27.8 Å². The van der Waals surface area contributed by atoms with Gasteiger partial charge in [0.2, 0.25) is 11.8 Å². The predicted molar refractivity (Wildman–Crippen MR) is 95.8 cm³/mol. The van der Waals surface area contributed by atoms with E-state index in [4.69, 9.17) is 4.74 Å². The molecular formula is C19H22N4O3. The first kappa shape index (κ1) is 16.6. The van der Waals surface area contributed by atoms with Gasteiger partial charge in [0.25, 0.3) is 0 Å². The minimum atomic E-state index is -0.390. The van der Waals surface area contributed by atoms with Crippen LogP contribution in [0.5, 0.6) is 5.75 Å². The van der Waals surface area contributed by atoms with E-state index >= 15 is 0 Å². The molecule has 2 aliphatic rings. The molecule has 1 aliphatic carbocycles. The molecule has 136 valence electrons. The largest absolute Gasteiger partial charge is 0.495 e. The molecule has 26 heavy (non-hydrogen) atoms. The second-order valence-electron chi connectivity index (χ2n) is 6.93. The lowest BCUT2D eigenvalue weighted by Crippen LogP contribution is -2.54. The maximum Gasteiger partial charge on any atom is 0.246 e. The van der Waals surface area contributed by atoms with Crippen LogP contribution in [-0.4, -0.2) is 53.2 Å². The van der Waals surface area contributed by atoms with Crippen LogP contribution in [0.1, 0.15) is 12.8 Å². The summed E-state index contributed by atoms with van der Waals surface area (Å²) in [5, 5.41) is 4.21. The van der Waals surface area contributed by atoms with Gasteiger partial charge in [-0.3, -0.25) is 14.3 Å². The summed E-state index contributed by atoms with van der Waals surface area (Å²) in [6, 6.07) is 9.32. The van der Waals surface area contributed by atoms with E-state index in [0.717, 1.165) is 18.5 Å². The van der Waals surface area contributed by atoms with Crippen molar-refractivity contribution in [3.05, 3.63) is 42.7 Å². The minimum absolute atomic E-state index is 0.0704. The van der Waals surface area contributed by atoms with Crippen LogP contribution < -0.4 is 9.64 Å². The second-order valence-corrected chi connectivity index (χ2v) is 6.93. The molecular weight excluding hydrogens is 332 g/mol. The van der Waals surface area contributed by atoms with Crippen molar-refractivity contribution in [2.24, 2.45) is 5.41 Å². The van der Waals surface area contributed by atoms with E-state index < -0.39 is 0 Å². The second kappa shape index (κ2) is 6.48. The van der Waals surface area contributed by atoms with Crippen LogP contribution in [0.25, 0.3) is 0 Å². The van der Waals surface area contributed by atoms with Gasteiger partial charge in [-0.2, -0.15) is 5.10 Å². The number of para-hydroxylation sites is 2. The molecule has 2 amide bonds. The Bertz CT molecular complexity index is 814. The Balaban J connectivity index is 1.45. The third-order valence-electron chi connectivity index (χ3n) is 5.21. The molecule has 1 saturated carbocycles. The number of benzene rings is 1. The predicted octanol–water partition coefficient (Wildman–Crippen LogP) is 1.55. The number of methoxy groups -OCH3 is 1. The zero-order chi connectivity index (χ0) is 18.1. The fourth-order valence-corrected chi connectivity index (χ4v) is 3.58. The lowest BCUT2D eigenvalue weighted by Gasteiger charge is -2.36. The zero-order valence-corrected chi connectivity index (χ0v) is 14.8. The van der Waals surface area contributed by atoms with Crippen molar-refractivity contribution in [2.75, 3.05) is 31.6 Å². The normalized spacial score (nSPS) is 18.7. The van der Waals surface area contributed by atoms with Crippen LogP contribution in [0.2, 0.25) is 0 Å². The molecule has 0 atom stereocenters. The molecule has 0 spiro atoms. The maximum atomic E-state index is 13.0. The molecule has 0 unspecified atom stereocenters. The number of carbonyl (C=O) groups is 2. The van der Waals surface area contributed by atoms with Gasteiger partial charge in [0, 0.05) is 25.5 Å². The maximum absolute atomic E-state index is 13.0. The number of piperazine rings is 1. The van der Waals surface area contributed by atoms with Gasteiger partial charge >= 0.3 is 0 Å². The van der Waals surface area contributed by atoms with Crippen molar-refractivity contribution in [1.29, 1.82) is 0 Å². The van der Waals surface area contributed by atoms with Crippen molar-refractivity contribution in [3.63, 3.8) is 0 Å². The van der Waals surface area contributed by atoms with Gasteiger partial charge in [-0.1, -0.05) is 12.1 Å². The van der Waals surface area contributed by atoms with E-state index in [1.165, 1.54) is 0 Å². The molecule has 0 bridgehead atoms. The highest BCUT2D eigenvalue weighted by molar-refractivity contribution is 6.00. The molecule has 2 heterocycles. The van der Waals surface area contributed by atoms with Gasteiger partial charge in [-0.25, -0.2) is 0 Å². The first-order chi connectivity index (χ1) is 12.6. The average Bonchev–Trinajstić information content (AvgIpc) is 3.26. The van der Waals surface area contributed by atoms with E-state index in [2.05, 4.69) is 5.10 Å². The summed E-state index contributed by atoms with van der Waals surface area (Å²) in [4.78, 5) is 29.1. The third kappa shape index (κ3) is 2.94. The molecule has 0 radical (unpaired) electrons. The lowest BCUT2D eigenvalue weighted by atomic mass is 10.0. The Morgan fingerprint density at radius 1 is 1.23 bits per heavy atom. The highest BCUT2D eigenvalue weighted by Gasteiger charge is 2.52. The Morgan fingerprint density at radius 3 is 2.69 bits per heavy atom. The molecule has 1 aliphatic heterocycles. The number of ether oxygens (including phenoxy) is 1. The number of hydrogen-bond donors (Lipinski definition) is 0. The van der Waals surface area contributed by atoms with E-state index in [9.17, 15) is 9.59 Å². The molecule has 1 aromatic carbocycles. The number of carbonyl (C=O) groups excluding carboxylic acids is 2. The molecule has 1 aromatic heterocycles. The standard InChI is InChI=1S/C19H22N4O3/c1-26-16-6-3-2-5-15(16)23-12-11-21(13-17(23)24)18(25)19(7-8-19)14-22-10-4-9-20-22/h2-6,9-10H,7-8,11-14H2,1H3. The molecule has 0 N–H and O–H groups in total. The molecule has 4 rings (SSSR count). The van der Waals surface area contributed by atoms with Gasteiger partial charge in [0.15, 0.2) is 0 Å². The van der Waals surface area contributed by atoms with E-state index in [1.807, 2.05) is 36.5 Å². The number of anilines is 1. The third-order valence-corrected chi connectivity index (χ3v) is 5.21. The molecule has 7 nitrogen and oxygen atoms in total. The summed E-state index contributed by atoms with van der Waals surface area (Å²) < 4.78 is 7.16. The van der Waals surface area contributed by atoms with Crippen molar-refractivity contribution < 1.29 is 14.3 Å². The van der Waals surface area contributed by atoms with Crippen molar-refractivity contribution in [1.82, 2.24) is 14.7 Å².